The molecule has 1 aromatic carbocycles. The number of nitrogens with zero attached hydrogens (tertiary/aromatic N) is 1. The van der Waals surface area contributed by atoms with Gasteiger partial charge in [0.05, 0.1) is 4.92 Å². The molecule has 0 amide bonds. The Morgan fingerprint density at radius 2 is 2.14 bits per heavy atom. The van der Waals surface area contributed by atoms with Crippen molar-refractivity contribution in [2.45, 2.75) is 13.3 Å². The Kier molecular flexibility index (Phi) is 2.81. The van der Waals surface area contributed by atoms with Crippen molar-refractivity contribution in [2.75, 3.05) is 0 Å². The maximum Gasteiger partial charge on any atom is 0.272 e. The van der Waals surface area contributed by atoms with Gasteiger partial charge in [-0.1, -0.05) is 12.1 Å². The first kappa shape index (κ1) is 10.2. The summed E-state index contributed by atoms with van der Waals surface area (Å²) in [6.45, 7) is 1.52. The molecule has 0 aliphatic carbocycles. The van der Waals surface area contributed by atoms with Crippen LogP contribution < -0.4 is 5.11 Å². The van der Waals surface area contributed by atoms with Crippen molar-refractivity contribution in [2.24, 2.45) is 0 Å². The average molecular weight is 194 g/mol. The zero-order chi connectivity index (χ0) is 10.7. The number of carboxylic acid groups (broad SMARTS) is 1. The lowest BCUT2D eigenvalue weighted by atomic mass is 10.0. The first-order valence-electron chi connectivity index (χ1n) is 3.95. The lowest BCUT2D eigenvalue weighted by molar-refractivity contribution is -0.385. The zero-order valence-electron chi connectivity index (χ0n) is 7.52. The molecule has 0 radical (unpaired) electrons. The van der Waals surface area contributed by atoms with Crippen LogP contribution in [0.5, 0.6) is 0 Å². The molecule has 0 saturated carbocycles. The van der Waals surface area contributed by atoms with E-state index in [4.69, 9.17) is 0 Å². The molecule has 0 fully saturated rings. The van der Waals surface area contributed by atoms with Crippen molar-refractivity contribution >= 4 is 11.7 Å². The third-order valence-electron chi connectivity index (χ3n) is 1.95. The molecule has 1 aromatic rings. The van der Waals surface area contributed by atoms with Crippen LogP contribution in [-0.2, 0) is 11.2 Å². The second-order valence-corrected chi connectivity index (χ2v) is 2.87. The van der Waals surface area contributed by atoms with E-state index in [1.165, 1.54) is 25.1 Å². The van der Waals surface area contributed by atoms with Crippen LogP contribution in [0, 0.1) is 17.0 Å². The predicted octanol–water partition coefficient (Wildman–Crippen LogP) is 0.196. The Morgan fingerprint density at radius 3 is 2.64 bits per heavy atom. The largest absolute Gasteiger partial charge is 0.550 e. The molecule has 0 spiro atoms. The normalized spacial score (nSPS) is 9.79. The topological polar surface area (TPSA) is 83.3 Å². The molecule has 0 atom stereocenters. The third kappa shape index (κ3) is 2.07. The van der Waals surface area contributed by atoms with Gasteiger partial charge in [0.2, 0.25) is 0 Å². The molecule has 0 unspecified atom stereocenters. The molecule has 0 aliphatic heterocycles. The van der Waals surface area contributed by atoms with Gasteiger partial charge in [-0.2, -0.15) is 0 Å². The van der Waals surface area contributed by atoms with Crippen LogP contribution in [0.25, 0.3) is 0 Å². The standard InChI is InChI=1S/C9H9NO4/c1-6-7(5-9(11)12)3-2-4-8(6)10(13)14/h2-4H,5H2,1H3,(H,11,12)/p-1. The molecule has 0 bridgehead atoms. The number of carboxylic acids is 1. The molecular formula is C9H8NO4-. The van der Waals surface area contributed by atoms with E-state index in [9.17, 15) is 20.0 Å². The minimum Gasteiger partial charge on any atom is -0.550 e. The molecular weight excluding hydrogens is 186 g/mol. The third-order valence-corrected chi connectivity index (χ3v) is 1.95. The fraction of sp³-hybridized carbons (Fsp3) is 0.222. The summed E-state index contributed by atoms with van der Waals surface area (Å²) in [5, 5.41) is 20.8. The number of nitro benzene ring substituents is 1. The molecule has 0 heterocycles. The van der Waals surface area contributed by atoms with Crippen LogP contribution in [0.3, 0.4) is 0 Å². The maximum atomic E-state index is 10.5. The van der Waals surface area contributed by atoms with E-state index in [1.54, 1.807) is 0 Å². The molecule has 74 valence electrons. The van der Waals surface area contributed by atoms with Gasteiger partial charge in [-0.25, -0.2) is 0 Å². The van der Waals surface area contributed by atoms with Gasteiger partial charge in [-0.15, -0.1) is 0 Å². The van der Waals surface area contributed by atoms with Crippen molar-refractivity contribution in [1.29, 1.82) is 0 Å². The Hall–Kier alpha value is -1.91. The monoisotopic (exact) mass is 194 g/mol. The number of carbonyl (C=O) groups is 1. The Balaban J connectivity index is 3.13. The number of rotatable bonds is 3. The Labute approximate surface area is 80.1 Å². The number of hydrogen-bond donors (Lipinski definition) is 0. The second kappa shape index (κ2) is 3.87. The Morgan fingerprint density at radius 1 is 1.50 bits per heavy atom. The van der Waals surface area contributed by atoms with E-state index in [-0.39, 0.29) is 12.1 Å². The van der Waals surface area contributed by atoms with Crippen LogP contribution in [-0.4, -0.2) is 10.9 Å². The molecule has 0 aliphatic rings. The lowest BCUT2D eigenvalue weighted by Gasteiger charge is -2.06. The molecule has 5 nitrogen and oxygen atoms in total. The van der Waals surface area contributed by atoms with Crippen LogP contribution in [0.15, 0.2) is 18.2 Å². The zero-order valence-corrected chi connectivity index (χ0v) is 7.52. The minimum atomic E-state index is -1.24. The second-order valence-electron chi connectivity index (χ2n) is 2.87. The molecule has 5 heteroatoms. The summed E-state index contributed by atoms with van der Waals surface area (Å²) in [5.74, 6) is -1.24. The van der Waals surface area contributed by atoms with Crippen LogP contribution in [0.1, 0.15) is 11.1 Å². The highest BCUT2D eigenvalue weighted by Gasteiger charge is 2.12. The maximum absolute atomic E-state index is 10.5. The highest BCUT2D eigenvalue weighted by atomic mass is 16.6. The van der Waals surface area contributed by atoms with Gasteiger partial charge in [0.15, 0.2) is 0 Å². The van der Waals surface area contributed by atoms with E-state index >= 15 is 0 Å². The van der Waals surface area contributed by atoms with Gasteiger partial charge in [0, 0.05) is 24.0 Å². The van der Waals surface area contributed by atoms with Crippen molar-refractivity contribution < 1.29 is 14.8 Å². The van der Waals surface area contributed by atoms with Gasteiger partial charge >= 0.3 is 0 Å². The molecule has 14 heavy (non-hydrogen) atoms. The number of hydrogen-bond acceptors (Lipinski definition) is 4. The molecule has 0 aromatic heterocycles. The average Bonchev–Trinajstić information content (AvgIpc) is 2.07. The summed E-state index contributed by atoms with van der Waals surface area (Å²) in [5.41, 5.74) is 0.727. The van der Waals surface area contributed by atoms with E-state index in [1.807, 2.05) is 0 Å². The number of nitro groups is 1. The van der Waals surface area contributed by atoms with Crippen molar-refractivity contribution in [3.8, 4) is 0 Å². The van der Waals surface area contributed by atoms with Gasteiger partial charge in [-0.05, 0) is 12.5 Å². The SMILES string of the molecule is Cc1c(CC(=O)[O-])cccc1[N+](=O)[O-]. The Bertz CT molecular complexity index is 386. The predicted molar refractivity (Wildman–Crippen MR) is 46.5 cm³/mol. The highest BCUT2D eigenvalue weighted by molar-refractivity contribution is 5.69. The van der Waals surface area contributed by atoms with Gasteiger partial charge in [0.25, 0.3) is 5.69 Å². The number of benzene rings is 1. The molecule has 1 rings (SSSR count). The molecule has 0 N–H and O–H groups in total. The van der Waals surface area contributed by atoms with Crippen molar-refractivity contribution in [1.82, 2.24) is 0 Å². The summed E-state index contributed by atoms with van der Waals surface area (Å²) in [4.78, 5) is 20.3. The smallest absolute Gasteiger partial charge is 0.272 e. The van der Waals surface area contributed by atoms with Crippen LogP contribution in [0.2, 0.25) is 0 Å². The summed E-state index contributed by atoms with van der Waals surface area (Å²) >= 11 is 0. The number of aliphatic carboxylic acids is 1. The van der Waals surface area contributed by atoms with E-state index in [0.717, 1.165) is 0 Å². The van der Waals surface area contributed by atoms with E-state index < -0.39 is 10.9 Å². The van der Waals surface area contributed by atoms with Gasteiger partial charge < -0.3 is 9.90 Å². The van der Waals surface area contributed by atoms with Crippen LogP contribution >= 0.6 is 0 Å². The van der Waals surface area contributed by atoms with Crippen LogP contribution in [0.4, 0.5) is 5.69 Å². The molecule has 0 saturated heterocycles. The lowest BCUT2D eigenvalue weighted by Crippen LogP contribution is -2.24. The van der Waals surface area contributed by atoms with E-state index in [2.05, 4.69) is 0 Å². The summed E-state index contributed by atoms with van der Waals surface area (Å²) < 4.78 is 0. The summed E-state index contributed by atoms with van der Waals surface area (Å²) in [6.07, 6.45) is -0.298. The summed E-state index contributed by atoms with van der Waals surface area (Å²) in [6, 6.07) is 4.34. The van der Waals surface area contributed by atoms with Crippen molar-refractivity contribution in [3.63, 3.8) is 0 Å². The highest BCUT2D eigenvalue weighted by Crippen LogP contribution is 2.20. The van der Waals surface area contributed by atoms with Crippen molar-refractivity contribution in [3.05, 3.63) is 39.4 Å². The fourth-order valence-electron chi connectivity index (χ4n) is 1.21. The van der Waals surface area contributed by atoms with E-state index in [0.29, 0.717) is 11.1 Å². The van der Waals surface area contributed by atoms with Gasteiger partial charge in [-0.3, -0.25) is 10.1 Å². The fourth-order valence-corrected chi connectivity index (χ4v) is 1.21. The minimum absolute atomic E-state index is 0.0660. The number of carbonyl (C=O) groups excluding carboxylic acids is 1. The van der Waals surface area contributed by atoms with Gasteiger partial charge in [0.1, 0.15) is 0 Å². The summed E-state index contributed by atoms with van der Waals surface area (Å²) in [7, 11) is 0. The quantitative estimate of drug-likeness (QED) is 0.508. The first-order chi connectivity index (χ1) is 6.52. The first-order valence-corrected chi connectivity index (χ1v) is 3.95.